The summed E-state index contributed by atoms with van der Waals surface area (Å²) in [5.41, 5.74) is 3.49. The Kier molecular flexibility index (Phi) is 3.86. The number of pyridine rings is 1. The van der Waals surface area contributed by atoms with Crippen molar-refractivity contribution in [3.05, 3.63) is 54.2 Å². The summed E-state index contributed by atoms with van der Waals surface area (Å²) < 4.78 is 2.04. The second-order valence-electron chi connectivity index (χ2n) is 6.83. The maximum absolute atomic E-state index is 4.97. The summed E-state index contributed by atoms with van der Waals surface area (Å²) in [6.45, 7) is 3.83. The highest BCUT2D eigenvalue weighted by Gasteiger charge is 2.32. The molecule has 0 unspecified atom stereocenters. The Hall–Kier alpha value is -2.80. The minimum absolute atomic E-state index is 0.420. The van der Waals surface area contributed by atoms with Crippen LogP contribution in [-0.4, -0.2) is 50.9 Å². The van der Waals surface area contributed by atoms with E-state index >= 15 is 0 Å². The van der Waals surface area contributed by atoms with Gasteiger partial charge in [-0.2, -0.15) is 5.10 Å². The van der Waals surface area contributed by atoms with Gasteiger partial charge in [0.15, 0.2) is 5.82 Å². The monoisotopic (exact) mass is 347 g/mol. The van der Waals surface area contributed by atoms with Crippen LogP contribution in [-0.2, 0) is 12.8 Å². The molecule has 0 atom stereocenters. The second-order valence-corrected chi connectivity index (χ2v) is 6.83. The molecule has 0 bridgehead atoms. The molecule has 7 heteroatoms. The van der Waals surface area contributed by atoms with Crippen LogP contribution >= 0.6 is 0 Å². The first-order valence-corrected chi connectivity index (χ1v) is 9.13. The van der Waals surface area contributed by atoms with Gasteiger partial charge in [-0.3, -0.25) is 9.67 Å². The molecule has 132 valence electrons. The minimum Gasteiger partial charge on any atom is -0.352 e. The van der Waals surface area contributed by atoms with E-state index in [1.54, 1.807) is 12.4 Å². The van der Waals surface area contributed by atoms with Crippen LogP contribution in [0.25, 0.3) is 11.4 Å². The van der Waals surface area contributed by atoms with Crippen LogP contribution in [0.5, 0.6) is 0 Å². The van der Waals surface area contributed by atoms with E-state index in [0.29, 0.717) is 6.04 Å². The van der Waals surface area contributed by atoms with Crippen LogP contribution in [0.2, 0.25) is 0 Å². The third-order valence-corrected chi connectivity index (χ3v) is 5.16. The number of nitrogens with zero attached hydrogens (tertiary/aromatic N) is 6. The van der Waals surface area contributed by atoms with Crippen molar-refractivity contribution in [1.82, 2.24) is 30.0 Å². The molecule has 1 fully saturated rings. The first kappa shape index (κ1) is 15.5. The fourth-order valence-corrected chi connectivity index (χ4v) is 3.71. The van der Waals surface area contributed by atoms with E-state index in [0.717, 1.165) is 56.2 Å². The predicted molar refractivity (Wildman–Crippen MR) is 99.0 cm³/mol. The number of anilines is 1. The highest BCUT2D eigenvalue weighted by molar-refractivity contribution is 5.61. The van der Waals surface area contributed by atoms with E-state index in [1.807, 2.05) is 35.3 Å². The van der Waals surface area contributed by atoms with Crippen LogP contribution in [0.4, 0.5) is 5.82 Å². The lowest BCUT2D eigenvalue weighted by Gasteiger charge is -2.41. The van der Waals surface area contributed by atoms with Crippen molar-refractivity contribution < 1.29 is 0 Å². The third kappa shape index (κ3) is 2.74. The van der Waals surface area contributed by atoms with Gasteiger partial charge >= 0.3 is 0 Å². The van der Waals surface area contributed by atoms with Gasteiger partial charge < -0.3 is 10.2 Å². The highest BCUT2D eigenvalue weighted by Crippen LogP contribution is 2.32. The fraction of sp³-hybridized carbons (Fsp3) is 0.368. The van der Waals surface area contributed by atoms with E-state index in [4.69, 9.17) is 9.97 Å². The lowest BCUT2D eigenvalue weighted by Crippen LogP contribution is -2.49. The van der Waals surface area contributed by atoms with Crippen molar-refractivity contribution in [1.29, 1.82) is 0 Å². The molecule has 0 aromatic carbocycles. The van der Waals surface area contributed by atoms with E-state index in [2.05, 4.69) is 20.3 Å². The molecule has 0 amide bonds. The SMILES string of the molecule is c1cnn(C2CN(c3nc(-c4ccncc4)nc4c3CCNCC4)C2)c1. The van der Waals surface area contributed by atoms with Gasteiger partial charge in [-0.1, -0.05) is 0 Å². The molecule has 3 aromatic rings. The summed E-state index contributed by atoms with van der Waals surface area (Å²) in [5, 5.41) is 7.85. The van der Waals surface area contributed by atoms with Gasteiger partial charge in [-0.25, -0.2) is 9.97 Å². The minimum atomic E-state index is 0.420. The lowest BCUT2D eigenvalue weighted by molar-refractivity contribution is 0.365. The van der Waals surface area contributed by atoms with Gasteiger partial charge in [0.25, 0.3) is 0 Å². The average molecular weight is 347 g/mol. The first-order valence-electron chi connectivity index (χ1n) is 9.13. The fourth-order valence-electron chi connectivity index (χ4n) is 3.71. The highest BCUT2D eigenvalue weighted by atomic mass is 15.4. The van der Waals surface area contributed by atoms with Crippen molar-refractivity contribution in [2.75, 3.05) is 31.1 Å². The van der Waals surface area contributed by atoms with Crippen molar-refractivity contribution in [2.24, 2.45) is 0 Å². The van der Waals surface area contributed by atoms with E-state index in [-0.39, 0.29) is 0 Å². The van der Waals surface area contributed by atoms with Gasteiger partial charge in [0.05, 0.1) is 11.7 Å². The molecule has 0 spiro atoms. The Labute approximate surface area is 152 Å². The Balaban J connectivity index is 1.51. The standard InChI is InChI=1S/C19H21N7/c1-6-22-26(11-1)15-12-25(13-15)19-16-4-9-21-10-5-17(16)23-18(24-19)14-2-7-20-8-3-14/h1-3,6-8,11,15,21H,4-5,9-10,12-13H2. The van der Waals surface area contributed by atoms with Gasteiger partial charge in [0.2, 0.25) is 0 Å². The zero-order valence-electron chi connectivity index (χ0n) is 14.5. The van der Waals surface area contributed by atoms with E-state index in [9.17, 15) is 0 Å². The quantitative estimate of drug-likeness (QED) is 0.774. The molecule has 26 heavy (non-hydrogen) atoms. The number of fused-ring (bicyclic) bond motifs is 1. The van der Waals surface area contributed by atoms with E-state index < -0.39 is 0 Å². The van der Waals surface area contributed by atoms with Crippen LogP contribution < -0.4 is 10.2 Å². The molecule has 5 heterocycles. The molecule has 0 saturated carbocycles. The summed E-state index contributed by atoms with van der Waals surface area (Å²) in [6, 6.07) is 6.35. The summed E-state index contributed by atoms with van der Waals surface area (Å²) in [5.74, 6) is 1.89. The summed E-state index contributed by atoms with van der Waals surface area (Å²) in [4.78, 5) is 16.3. The lowest BCUT2D eigenvalue weighted by atomic mass is 10.0. The van der Waals surface area contributed by atoms with Gasteiger partial charge in [0, 0.05) is 62.0 Å². The zero-order chi connectivity index (χ0) is 17.3. The second kappa shape index (κ2) is 6.49. The maximum Gasteiger partial charge on any atom is 0.161 e. The predicted octanol–water partition coefficient (Wildman–Crippen LogP) is 1.48. The summed E-state index contributed by atoms with van der Waals surface area (Å²) in [6.07, 6.45) is 9.39. The summed E-state index contributed by atoms with van der Waals surface area (Å²) >= 11 is 0. The molecular weight excluding hydrogens is 326 g/mol. The Morgan fingerprint density at radius 2 is 1.85 bits per heavy atom. The van der Waals surface area contributed by atoms with Gasteiger partial charge in [-0.15, -0.1) is 0 Å². The van der Waals surface area contributed by atoms with Crippen LogP contribution in [0, 0.1) is 0 Å². The van der Waals surface area contributed by atoms with Crippen molar-refractivity contribution in [3.8, 4) is 11.4 Å². The van der Waals surface area contributed by atoms with Crippen molar-refractivity contribution in [2.45, 2.75) is 18.9 Å². The number of hydrogen-bond acceptors (Lipinski definition) is 6. The molecule has 0 aliphatic carbocycles. The molecule has 3 aromatic heterocycles. The Bertz CT molecular complexity index is 886. The average Bonchev–Trinajstić information content (AvgIpc) is 3.05. The normalized spacial score (nSPS) is 17.5. The summed E-state index contributed by atoms with van der Waals surface area (Å²) in [7, 11) is 0. The number of aromatic nitrogens is 5. The smallest absolute Gasteiger partial charge is 0.161 e. The van der Waals surface area contributed by atoms with Crippen LogP contribution in [0.1, 0.15) is 17.3 Å². The first-order chi connectivity index (χ1) is 12.9. The zero-order valence-corrected chi connectivity index (χ0v) is 14.5. The Morgan fingerprint density at radius 1 is 1.00 bits per heavy atom. The number of nitrogens with one attached hydrogen (secondary N) is 1. The molecular formula is C19H21N7. The molecule has 2 aliphatic heterocycles. The van der Waals surface area contributed by atoms with Crippen molar-refractivity contribution >= 4 is 5.82 Å². The van der Waals surface area contributed by atoms with E-state index in [1.165, 1.54) is 11.3 Å². The van der Waals surface area contributed by atoms with Crippen LogP contribution in [0.15, 0.2) is 43.0 Å². The molecule has 2 aliphatic rings. The molecule has 1 saturated heterocycles. The molecule has 7 nitrogen and oxygen atoms in total. The van der Waals surface area contributed by atoms with Gasteiger partial charge in [-0.05, 0) is 31.2 Å². The van der Waals surface area contributed by atoms with Gasteiger partial charge in [0.1, 0.15) is 5.82 Å². The molecule has 1 N–H and O–H groups in total. The third-order valence-electron chi connectivity index (χ3n) is 5.16. The maximum atomic E-state index is 4.97. The number of hydrogen-bond donors (Lipinski definition) is 1. The topological polar surface area (TPSA) is 71.8 Å². The van der Waals surface area contributed by atoms with Crippen molar-refractivity contribution in [3.63, 3.8) is 0 Å². The largest absolute Gasteiger partial charge is 0.352 e. The van der Waals surface area contributed by atoms with Crippen LogP contribution in [0.3, 0.4) is 0 Å². The molecule has 0 radical (unpaired) electrons. The number of rotatable bonds is 3. The molecule has 5 rings (SSSR count). The Morgan fingerprint density at radius 3 is 2.65 bits per heavy atom.